The number of carbonyl (C=O) groups is 2. The Morgan fingerprint density at radius 3 is 2.62 bits per heavy atom. The Morgan fingerprint density at radius 1 is 1.27 bits per heavy atom. The third-order valence-corrected chi connectivity index (χ3v) is 6.81. The van der Waals surface area contributed by atoms with Gasteiger partial charge in [-0.15, -0.1) is 11.6 Å². The van der Waals surface area contributed by atoms with E-state index in [1.807, 2.05) is 6.08 Å². The minimum absolute atomic E-state index is 0.0186. The van der Waals surface area contributed by atoms with E-state index in [2.05, 4.69) is 4.90 Å². The number of hydrogen-bond acceptors (Lipinski definition) is 7. The van der Waals surface area contributed by atoms with E-state index in [0.29, 0.717) is 13.0 Å². The van der Waals surface area contributed by atoms with Crippen LogP contribution < -0.4 is 0 Å². The standard InChI is InChI=1S/C18H26ClNO6/c1-10-11(2)18(24,9-19)16(22)25-8-12-4-6-20-7-5-13(14(12)20)26-15(21)17(10,3)23/h4,10-11,13-14,23-24H,5-9H2,1-3H3. The lowest BCUT2D eigenvalue weighted by Gasteiger charge is -2.40. The van der Waals surface area contributed by atoms with Gasteiger partial charge in [-0.1, -0.05) is 19.9 Å². The van der Waals surface area contributed by atoms with E-state index >= 15 is 0 Å². The van der Waals surface area contributed by atoms with Crippen molar-refractivity contribution in [2.45, 2.75) is 50.5 Å². The molecule has 0 aliphatic carbocycles. The van der Waals surface area contributed by atoms with Crippen LogP contribution in [0.2, 0.25) is 0 Å². The van der Waals surface area contributed by atoms with Crippen LogP contribution in [0.1, 0.15) is 27.2 Å². The highest BCUT2D eigenvalue weighted by atomic mass is 35.5. The minimum Gasteiger partial charge on any atom is -0.459 e. The number of ether oxygens (including phenoxy) is 2. The van der Waals surface area contributed by atoms with Gasteiger partial charge in [0.05, 0.1) is 11.9 Å². The first-order chi connectivity index (χ1) is 12.1. The van der Waals surface area contributed by atoms with Crippen molar-refractivity contribution < 1.29 is 29.3 Å². The number of halogens is 1. The number of aliphatic hydroxyl groups is 2. The lowest BCUT2D eigenvalue weighted by atomic mass is 9.73. The molecule has 0 aromatic heterocycles. The van der Waals surface area contributed by atoms with E-state index in [0.717, 1.165) is 12.1 Å². The van der Waals surface area contributed by atoms with Gasteiger partial charge in [0.25, 0.3) is 0 Å². The Hall–Kier alpha value is -1.15. The second-order valence-corrected chi connectivity index (χ2v) is 8.08. The molecule has 2 N–H and O–H groups in total. The minimum atomic E-state index is -2.02. The van der Waals surface area contributed by atoms with Crippen LogP contribution in [0.25, 0.3) is 0 Å². The Balaban J connectivity index is 1.98. The van der Waals surface area contributed by atoms with Gasteiger partial charge in [-0.05, 0) is 18.9 Å². The number of rotatable bonds is 1. The topological polar surface area (TPSA) is 96.3 Å². The predicted octanol–water partition coefficient (Wildman–Crippen LogP) is 0.462. The smallest absolute Gasteiger partial charge is 0.340 e. The normalized spacial score (nSPS) is 44.5. The molecule has 0 amide bonds. The molecule has 3 aliphatic rings. The molecule has 0 aromatic rings. The van der Waals surface area contributed by atoms with Crippen molar-refractivity contribution in [3.05, 3.63) is 11.6 Å². The first-order valence-electron chi connectivity index (χ1n) is 8.95. The molecule has 0 aromatic carbocycles. The molecule has 0 radical (unpaired) electrons. The highest BCUT2D eigenvalue weighted by Gasteiger charge is 2.53. The van der Waals surface area contributed by atoms with Crippen molar-refractivity contribution in [1.82, 2.24) is 4.90 Å². The molecule has 0 saturated carbocycles. The number of hydrogen-bond donors (Lipinski definition) is 2. The van der Waals surface area contributed by atoms with E-state index in [4.69, 9.17) is 21.1 Å². The summed E-state index contributed by atoms with van der Waals surface area (Å²) in [5, 5.41) is 21.7. The Kier molecular flexibility index (Phi) is 5.11. The summed E-state index contributed by atoms with van der Waals surface area (Å²) in [5.41, 5.74) is -3.06. The van der Waals surface area contributed by atoms with Crippen LogP contribution in [0.5, 0.6) is 0 Å². The largest absolute Gasteiger partial charge is 0.459 e. The highest BCUT2D eigenvalue weighted by Crippen LogP contribution is 2.38. The lowest BCUT2D eigenvalue weighted by molar-refractivity contribution is -0.189. The summed E-state index contributed by atoms with van der Waals surface area (Å²) in [4.78, 5) is 27.5. The third kappa shape index (κ3) is 2.95. The van der Waals surface area contributed by atoms with Crippen molar-refractivity contribution in [3.63, 3.8) is 0 Å². The summed E-state index contributed by atoms with van der Waals surface area (Å²) in [7, 11) is 0. The van der Waals surface area contributed by atoms with Gasteiger partial charge in [0, 0.05) is 24.9 Å². The zero-order valence-electron chi connectivity index (χ0n) is 15.3. The fraction of sp³-hybridized carbons (Fsp3) is 0.778. The summed E-state index contributed by atoms with van der Waals surface area (Å²) in [6, 6.07) is -0.168. The van der Waals surface area contributed by atoms with Gasteiger partial charge in [-0.2, -0.15) is 0 Å². The average molecular weight is 388 g/mol. The Bertz CT molecular complexity index is 635. The van der Waals surface area contributed by atoms with Crippen LogP contribution in [-0.2, 0) is 19.1 Å². The van der Waals surface area contributed by atoms with Crippen LogP contribution in [0.15, 0.2) is 11.6 Å². The predicted molar refractivity (Wildman–Crippen MR) is 93.5 cm³/mol. The second-order valence-electron chi connectivity index (χ2n) is 7.81. The van der Waals surface area contributed by atoms with E-state index in [9.17, 15) is 19.8 Å². The van der Waals surface area contributed by atoms with Crippen molar-refractivity contribution >= 4 is 23.5 Å². The van der Waals surface area contributed by atoms with Crippen molar-refractivity contribution in [2.24, 2.45) is 11.8 Å². The molecule has 7 nitrogen and oxygen atoms in total. The summed E-state index contributed by atoms with van der Waals surface area (Å²) in [6.45, 7) is 5.97. The van der Waals surface area contributed by atoms with Crippen LogP contribution >= 0.6 is 11.6 Å². The van der Waals surface area contributed by atoms with Crippen molar-refractivity contribution in [1.29, 1.82) is 0 Å². The fourth-order valence-electron chi connectivity index (χ4n) is 4.11. The van der Waals surface area contributed by atoms with Crippen LogP contribution in [0, 0.1) is 11.8 Å². The Labute approximate surface area is 157 Å². The molecule has 26 heavy (non-hydrogen) atoms. The summed E-state index contributed by atoms with van der Waals surface area (Å²) >= 11 is 5.90. The van der Waals surface area contributed by atoms with Crippen LogP contribution in [0.3, 0.4) is 0 Å². The monoisotopic (exact) mass is 387 g/mol. The van der Waals surface area contributed by atoms with Gasteiger partial charge < -0.3 is 19.7 Å². The number of nitrogens with zero attached hydrogens (tertiary/aromatic N) is 1. The van der Waals surface area contributed by atoms with Gasteiger partial charge in [0.15, 0.2) is 11.2 Å². The molecule has 2 fully saturated rings. The third-order valence-electron chi connectivity index (χ3n) is 6.40. The molecule has 6 atom stereocenters. The van der Waals surface area contributed by atoms with E-state index in [-0.39, 0.29) is 12.6 Å². The molecular weight excluding hydrogens is 362 g/mol. The maximum atomic E-state index is 12.7. The zero-order chi connectivity index (χ0) is 19.3. The van der Waals surface area contributed by atoms with Gasteiger partial charge >= 0.3 is 11.9 Å². The summed E-state index contributed by atoms with van der Waals surface area (Å²) in [5.74, 6) is -3.62. The van der Waals surface area contributed by atoms with Gasteiger partial charge in [-0.25, -0.2) is 9.59 Å². The molecule has 0 spiro atoms. The first kappa shape index (κ1) is 19.6. The summed E-state index contributed by atoms with van der Waals surface area (Å²) in [6.07, 6.45) is 2.22. The second kappa shape index (κ2) is 6.78. The number of esters is 2. The zero-order valence-corrected chi connectivity index (χ0v) is 16.0. The highest BCUT2D eigenvalue weighted by molar-refractivity contribution is 6.20. The quantitative estimate of drug-likeness (QED) is 0.383. The molecule has 146 valence electrons. The molecular formula is C18H26ClNO6. The summed E-state index contributed by atoms with van der Waals surface area (Å²) < 4.78 is 11.0. The van der Waals surface area contributed by atoms with Gasteiger partial charge in [0.1, 0.15) is 12.7 Å². The number of cyclic esters (lactones) is 1. The number of carbonyl (C=O) groups excluding carboxylic acids is 2. The van der Waals surface area contributed by atoms with Crippen LogP contribution in [-0.4, -0.2) is 76.0 Å². The van der Waals surface area contributed by atoms with Crippen LogP contribution in [0.4, 0.5) is 0 Å². The molecule has 0 bridgehead atoms. The van der Waals surface area contributed by atoms with E-state index in [1.165, 1.54) is 6.92 Å². The van der Waals surface area contributed by atoms with Gasteiger partial charge in [0.2, 0.25) is 0 Å². The molecule has 3 heterocycles. The molecule has 2 saturated heterocycles. The molecule has 3 rings (SSSR count). The van der Waals surface area contributed by atoms with Gasteiger partial charge in [-0.3, -0.25) is 4.90 Å². The lowest BCUT2D eigenvalue weighted by Crippen LogP contribution is -2.57. The van der Waals surface area contributed by atoms with E-state index in [1.54, 1.807) is 13.8 Å². The molecule has 3 aliphatic heterocycles. The molecule has 6 unspecified atom stereocenters. The fourth-order valence-corrected chi connectivity index (χ4v) is 4.46. The molecule has 8 heteroatoms. The Morgan fingerprint density at radius 2 is 1.96 bits per heavy atom. The number of alkyl halides is 1. The van der Waals surface area contributed by atoms with Crippen molar-refractivity contribution in [2.75, 3.05) is 25.6 Å². The maximum absolute atomic E-state index is 12.7. The van der Waals surface area contributed by atoms with Crippen molar-refractivity contribution in [3.8, 4) is 0 Å². The first-order valence-corrected chi connectivity index (χ1v) is 9.48. The van der Waals surface area contributed by atoms with E-state index < -0.39 is 47.0 Å². The SMILES string of the molecule is CC1C(C)C(O)(CCl)C(=O)OCC2=CCN3CCC(OC(=O)C1(C)O)C23. The maximum Gasteiger partial charge on any atom is 0.340 e. The average Bonchev–Trinajstić information content (AvgIpc) is 3.19.